The highest BCUT2D eigenvalue weighted by molar-refractivity contribution is 5.60. The predicted octanol–water partition coefficient (Wildman–Crippen LogP) is 3.07. The fraction of sp³-hybridized carbons (Fsp3) is 0.0625. The minimum atomic E-state index is 0.0354. The molecule has 1 aromatic carbocycles. The van der Waals surface area contributed by atoms with E-state index in [0.717, 1.165) is 17.0 Å². The summed E-state index contributed by atoms with van der Waals surface area (Å²) in [7, 11) is 0. The summed E-state index contributed by atoms with van der Waals surface area (Å²) in [5.74, 6) is 0.802. The fourth-order valence-electron chi connectivity index (χ4n) is 2.21. The lowest BCUT2D eigenvalue weighted by molar-refractivity contribution is 0.789. The first-order valence-electron chi connectivity index (χ1n) is 6.40. The summed E-state index contributed by atoms with van der Waals surface area (Å²) in [6.07, 6.45) is 12.0. The van der Waals surface area contributed by atoms with Crippen LogP contribution < -0.4 is 0 Å². The number of hydrogen-bond acceptors (Lipinski definition) is 3. The molecule has 1 heterocycles. The van der Waals surface area contributed by atoms with Gasteiger partial charge in [0, 0.05) is 6.20 Å². The molecule has 2 aromatic rings. The molecule has 4 nitrogen and oxygen atoms in total. The summed E-state index contributed by atoms with van der Waals surface area (Å²) in [6, 6.07) is 10.2. The van der Waals surface area contributed by atoms with Crippen molar-refractivity contribution >= 4 is 12.3 Å². The van der Waals surface area contributed by atoms with Crippen LogP contribution in [0.4, 0.5) is 0 Å². The third-order valence-corrected chi connectivity index (χ3v) is 3.16. The van der Waals surface area contributed by atoms with E-state index >= 15 is 0 Å². The number of hydrogen-bond donors (Lipinski definition) is 0. The van der Waals surface area contributed by atoms with Crippen molar-refractivity contribution in [2.45, 2.75) is 5.92 Å². The van der Waals surface area contributed by atoms with E-state index < -0.39 is 0 Å². The van der Waals surface area contributed by atoms with E-state index in [4.69, 9.17) is 0 Å². The van der Waals surface area contributed by atoms with Gasteiger partial charge in [-0.2, -0.15) is 0 Å². The first-order valence-corrected chi connectivity index (χ1v) is 6.40. The van der Waals surface area contributed by atoms with Crippen LogP contribution in [-0.4, -0.2) is 20.2 Å². The van der Waals surface area contributed by atoms with Gasteiger partial charge < -0.3 is 0 Å². The highest BCUT2D eigenvalue weighted by Gasteiger charge is 2.20. The van der Waals surface area contributed by atoms with Crippen LogP contribution in [0.25, 0.3) is 12.3 Å². The van der Waals surface area contributed by atoms with Crippen molar-refractivity contribution in [1.82, 2.24) is 20.2 Å². The first-order chi connectivity index (χ1) is 9.88. The van der Waals surface area contributed by atoms with Crippen LogP contribution in [0.3, 0.4) is 0 Å². The molecular weight excluding hydrogens is 248 g/mol. The lowest BCUT2D eigenvalue weighted by atomic mass is 9.92. The number of benzene rings is 1. The summed E-state index contributed by atoms with van der Waals surface area (Å²) < 4.78 is 1.60. The Balaban J connectivity index is 2.01. The topological polar surface area (TPSA) is 43.6 Å². The number of allylic oxidation sites excluding steroid dienone is 5. The van der Waals surface area contributed by atoms with Gasteiger partial charge in [-0.3, -0.25) is 0 Å². The number of nitrogens with zero attached hydrogens (tertiary/aromatic N) is 4. The van der Waals surface area contributed by atoms with E-state index in [1.165, 1.54) is 0 Å². The van der Waals surface area contributed by atoms with Crippen molar-refractivity contribution < 1.29 is 0 Å². The van der Waals surface area contributed by atoms with Crippen molar-refractivity contribution in [3.05, 3.63) is 78.2 Å². The van der Waals surface area contributed by atoms with Gasteiger partial charge in [0.2, 0.25) is 0 Å². The maximum atomic E-state index is 4.11. The van der Waals surface area contributed by atoms with Crippen LogP contribution in [0.1, 0.15) is 17.3 Å². The van der Waals surface area contributed by atoms with E-state index in [0.29, 0.717) is 0 Å². The van der Waals surface area contributed by atoms with Gasteiger partial charge in [0.1, 0.15) is 0 Å². The SMILES string of the molecule is C=Cn1nnnc1C1C=CC=CC1=Cc1ccccc1. The fourth-order valence-corrected chi connectivity index (χ4v) is 2.21. The molecule has 1 aromatic heterocycles. The van der Waals surface area contributed by atoms with Crippen LogP contribution >= 0.6 is 0 Å². The lowest BCUT2D eigenvalue weighted by Gasteiger charge is -2.15. The Labute approximate surface area is 117 Å². The molecule has 4 heteroatoms. The molecule has 1 atom stereocenters. The zero-order chi connectivity index (χ0) is 13.8. The van der Waals surface area contributed by atoms with Crippen molar-refractivity contribution in [1.29, 1.82) is 0 Å². The molecule has 0 aliphatic heterocycles. The third-order valence-electron chi connectivity index (χ3n) is 3.16. The van der Waals surface area contributed by atoms with Gasteiger partial charge in [0.25, 0.3) is 0 Å². The second-order valence-electron chi connectivity index (χ2n) is 4.44. The molecule has 0 fully saturated rings. The number of aromatic nitrogens is 4. The minimum Gasteiger partial charge on any atom is -0.204 e. The normalized spacial score (nSPS) is 19.4. The van der Waals surface area contributed by atoms with Gasteiger partial charge in [0.15, 0.2) is 5.82 Å². The Hall–Kier alpha value is -2.75. The van der Waals surface area contributed by atoms with Gasteiger partial charge in [-0.1, -0.05) is 67.3 Å². The molecule has 0 bridgehead atoms. The molecule has 0 saturated heterocycles. The smallest absolute Gasteiger partial charge is 0.167 e. The third kappa shape index (κ3) is 2.36. The molecule has 1 aliphatic carbocycles. The quantitative estimate of drug-likeness (QED) is 0.853. The second kappa shape index (κ2) is 5.48. The van der Waals surface area contributed by atoms with E-state index in [9.17, 15) is 0 Å². The molecule has 1 unspecified atom stereocenters. The van der Waals surface area contributed by atoms with E-state index in [2.05, 4.69) is 52.5 Å². The molecule has 98 valence electrons. The highest BCUT2D eigenvalue weighted by Crippen LogP contribution is 2.29. The maximum absolute atomic E-state index is 4.11. The van der Waals surface area contributed by atoms with Crippen LogP contribution in [0.2, 0.25) is 0 Å². The zero-order valence-corrected chi connectivity index (χ0v) is 10.9. The average molecular weight is 262 g/mol. The molecule has 0 amide bonds. The second-order valence-corrected chi connectivity index (χ2v) is 4.44. The summed E-state index contributed by atoms with van der Waals surface area (Å²) >= 11 is 0. The Morgan fingerprint density at radius 3 is 2.80 bits per heavy atom. The first kappa shape index (κ1) is 12.3. The standard InChI is InChI=1S/C16H14N4/c1-2-20-16(17-18-19-20)15-11-7-6-10-14(15)12-13-8-4-3-5-9-13/h2-12,15H,1H2. The van der Waals surface area contributed by atoms with Crippen molar-refractivity contribution in [2.75, 3.05) is 0 Å². The van der Waals surface area contributed by atoms with Crippen LogP contribution in [0, 0.1) is 0 Å². The van der Waals surface area contributed by atoms with Gasteiger partial charge >= 0.3 is 0 Å². The Morgan fingerprint density at radius 2 is 2.00 bits per heavy atom. The predicted molar refractivity (Wildman–Crippen MR) is 79.6 cm³/mol. The minimum absolute atomic E-state index is 0.0354. The Morgan fingerprint density at radius 1 is 1.15 bits per heavy atom. The van der Waals surface area contributed by atoms with Gasteiger partial charge in [-0.25, -0.2) is 4.68 Å². The maximum Gasteiger partial charge on any atom is 0.167 e. The average Bonchev–Trinajstić information content (AvgIpc) is 2.97. The van der Waals surface area contributed by atoms with Crippen molar-refractivity contribution in [2.24, 2.45) is 0 Å². The summed E-state index contributed by atoms with van der Waals surface area (Å²) in [5, 5.41) is 11.7. The zero-order valence-electron chi connectivity index (χ0n) is 10.9. The van der Waals surface area contributed by atoms with Crippen LogP contribution in [-0.2, 0) is 0 Å². The van der Waals surface area contributed by atoms with E-state index in [-0.39, 0.29) is 5.92 Å². The molecule has 20 heavy (non-hydrogen) atoms. The number of tetrazole rings is 1. The molecular formula is C16H14N4. The highest BCUT2D eigenvalue weighted by atomic mass is 15.5. The van der Waals surface area contributed by atoms with E-state index in [1.54, 1.807) is 10.9 Å². The summed E-state index contributed by atoms with van der Waals surface area (Å²) in [6.45, 7) is 3.73. The molecule has 0 radical (unpaired) electrons. The molecule has 3 rings (SSSR count). The Bertz CT molecular complexity index is 692. The van der Waals surface area contributed by atoms with Crippen molar-refractivity contribution in [3.63, 3.8) is 0 Å². The largest absolute Gasteiger partial charge is 0.204 e. The molecule has 0 saturated carbocycles. The van der Waals surface area contributed by atoms with E-state index in [1.807, 2.05) is 30.4 Å². The van der Waals surface area contributed by atoms with Gasteiger partial charge in [-0.15, -0.1) is 5.10 Å². The lowest BCUT2D eigenvalue weighted by Crippen LogP contribution is -2.07. The van der Waals surface area contributed by atoms with Crippen LogP contribution in [0.5, 0.6) is 0 Å². The Kier molecular flexibility index (Phi) is 3.37. The van der Waals surface area contributed by atoms with Crippen LogP contribution in [0.15, 0.2) is 66.8 Å². The van der Waals surface area contributed by atoms with Crippen molar-refractivity contribution in [3.8, 4) is 0 Å². The number of rotatable bonds is 3. The van der Waals surface area contributed by atoms with Gasteiger partial charge in [0.05, 0.1) is 5.92 Å². The molecule has 0 spiro atoms. The molecule has 0 N–H and O–H groups in total. The molecule has 1 aliphatic rings. The summed E-state index contributed by atoms with van der Waals surface area (Å²) in [5.41, 5.74) is 2.31. The summed E-state index contributed by atoms with van der Waals surface area (Å²) in [4.78, 5) is 0. The monoisotopic (exact) mass is 262 g/mol. The van der Waals surface area contributed by atoms with Gasteiger partial charge in [-0.05, 0) is 21.6 Å².